The van der Waals surface area contributed by atoms with Gasteiger partial charge in [-0.15, -0.1) is 0 Å². The molecular weight excluding hydrogens is 1050 g/mol. The van der Waals surface area contributed by atoms with Gasteiger partial charge in [0.15, 0.2) is 0 Å². The van der Waals surface area contributed by atoms with E-state index in [0.29, 0.717) is 12.8 Å². The second-order valence-electron chi connectivity index (χ2n) is 21.3. The van der Waals surface area contributed by atoms with E-state index in [1.54, 1.807) is 0 Å². The Morgan fingerprint density at radius 2 is 0.400 bits per heavy atom. The van der Waals surface area contributed by atoms with Crippen molar-refractivity contribution >= 4 is 31.4 Å². The molecule has 0 aliphatic heterocycles. The first-order valence-electron chi connectivity index (χ1n) is 32.1. The van der Waals surface area contributed by atoms with Crippen LogP contribution in [0.1, 0.15) is 329 Å². The molecule has 11 N–H and O–H groups in total. The van der Waals surface area contributed by atoms with E-state index in [1.807, 2.05) is 0 Å². The van der Waals surface area contributed by atoms with Gasteiger partial charge in [-0.25, -0.2) is 0 Å². The van der Waals surface area contributed by atoms with Gasteiger partial charge in [0.2, 0.25) is 0 Å². The van der Waals surface area contributed by atoms with Crippen molar-refractivity contribution in [3.63, 3.8) is 0 Å². The first kappa shape index (κ1) is 95.7. The predicted octanol–water partition coefficient (Wildman–Crippen LogP) is 9.78. The van der Waals surface area contributed by atoms with Crippen LogP contribution in [0.5, 0.6) is 0 Å². The molecule has 0 unspecified atom stereocenters. The van der Waals surface area contributed by atoms with Crippen LogP contribution in [0.4, 0.5) is 0 Å². The van der Waals surface area contributed by atoms with Crippen LogP contribution in [0.3, 0.4) is 0 Å². The zero-order chi connectivity index (χ0) is 59.6. The minimum absolute atomic E-state index is 0. The molecule has 0 rings (SSSR count). The fourth-order valence-electron chi connectivity index (χ4n) is 8.11. The smallest absolute Gasteiger partial charge is 0.550 e. The minimum atomic E-state index is -0.954. The molecule has 0 aromatic carbocycles. The maximum Gasteiger partial charge on any atom is 1.00 e. The van der Waals surface area contributed by atoms with Crippen molar-refractivity contribution in [1.82, 2.24) is 0 Å². The maximum absolute atomic E-state index is 10.3. The van der Waals surface area contributed by atoms with Gasteiger partial charge in [-0.05, 0) is 25.7 Å². The molecule has 0 atom stereocenters. The summed E-state index contributed by atoms with van der Waals surface area (Å²) in [6.45, 7) is 4.62. The quantitative estimate of drug-likeness (QED) is 0.0200. The van der Waals surface area contributed by atoms with Gasteiger partial charge < -0.3 is 66.1 Å². The first-order valence-corrected chi connectivity index (χ1v) is 32.1. The molecule has 0 aliphatic rings. The summed E-state index contributed by atoms with van der Waals surface area (Å²) in [6, 6.07) is 0. The molecule has 17 heteroatoms. The molecule has 0 fully saturated rings. The van der Waals surface area contributed by atoms with Crippen molar-refractivity contribution in [3.8, 4) is 0 Å². The minimum Gasteiger partial charge on any atom is -0.550 e. The van der Waals surface area contributed by atoms with E-state index in [-0.39, 0.29) is 89.1 Å². The van der Waals surface area contributed by atoms with Gasteiger partial charge in [0.1, 0.15) is 18.3 Å². The molecule has 0 heterocycles. The topological polar surface area (TPSA) is 297 Å². The first-order chi connectivity index (χ1) is 37.7. The van der Waals surface area contributed by atoms with Crippen LogP contribution in [0.2, 0.25) is 0 Å². The van der Waals surface area contributed by atoms with Crippen LogP contribution in [-0.4, -0.2) is 132 Å². The van der Waals surface area contributed by atoms with E-state index in [2.05, 4.69) is 20.8 Å². The number of carbonyl (C=O) groups excluding carboxylic acids is 1. The van der Waals surface area contributed by atoms with Crippen LogP contribution in [0.15, 0.2) is 0 Å². The molecule has 0 aliphatic carbocycles. The number of hydrogen-bond acceptors (Lipinski definition) is 13. The average molecular weight is 1190 g/mol. The molecule has 80 heavy (non-hydrogen) atoms. The van der Waals surface area contributed by atoms with Gasteiger partial charge in [0.05, 0.1) is 39.6 Å². The molecule has 0 amide bonds. The van der Waals surface area contributed by atoms with Gasteiger partial charge >= 0.3 is 41.5 Å². The van der Waals surface area contributed by atoms with Gasteiger partial charge in [0, 0.05) is 18.8 Å². The van der Waals surface area contributed by atoms with Gasteiger partial charge in [-0.3, -0.25) is 9.59 Å². The van der Waals surface area contributed by atoms with Crippen LogP contribution in [0.25, 0.3) is 0 Å². The van der Waals surface area contributed by atoms with Crippen LogP contribution in [-0.2, 0) is 14.4 Å². The number of aliphatic hydroxyl groups excluding tert-OH is 9. The van der Waals surface area contributed by atoms with E-state index >= 15 is 0 Å². The molecule has 0 saturated heterocycles. The Hall–Kier alpha value is -0.600. The van der Waals surface area contributed by atoms with E-state index < -0.39 is 36.2 Å². The van der Waals surface area contributed by atoms with Gasteiger partial charge in [-0.2, -0.15) is 13.5 Å². The maximum atomic E-state index is 10.3. The fraction of sp³-hybridized carbons (Fsp3) is 0.952. The van der Waals surface area contributed by atoms with Crippen molar-refractivity contribution < 1.29 is 105 Å². The molecule has 482 valence electrons. The second-order valence-corrected chi connectivity index (χ2v) is 21.3. The Balaban J connectivity index is -0.000000138. The van der Waals surface area contributed by atoms with Crippen molar-refractivity contribution in [2.24, 2.45) is 0 Å². The van der Waals surface area contributed by atoms with Crippen LogP contribution >= 0.6 is 13.5 Å². The van der Waals surface area contributed by atoms with E-state index in [0.717, 1.165) is 38.5 Å². The number of unbranched alkanes of at least 4 members (excludes halogenated alkanes) is 42. The Labute approximate surface area is 520 Å². The number of aliphatic carboxylic acids is 3. The predicted molar refractivity (Wildman–Crippen MR) is 330 cm³/mol. The van der Waals surface area contributed by atoms with E-state index in [9.17, 15) is 19.5 Å². The Morgan fingerprint density at radius 3 is 0.500 bits per heavy atom. The van der Waals surface area contributed by atoms with Crippen LogP contribution < -0.4 is 34.7 Å². The number of carboxylic acid groups (broad SMARTS) is 3. The summed E-state index contributed by atoms with van der Waals surface area (Å²) in [5.41, 5.74) is 0. The number of aliphatic hydroxyl groups is 9. The number of carboxylic acids is 3. The SMILES string of the molecule is CCCCCCCCCCCCCCCCCC(=O)O.CCCCCCCCCCCCCCCCCC(=O)O.CCCCCCCCCCCCCCCCCC(=O)[O-].OCC(O)CO.OCC(O)CO.OCC(O)CO.S.[Na+]. The van der Waals surface area contributed by atoms with Gasteiger partial charge in [-0.1, -0.05) is 290 Å². The molecule has 0 bridgehead atoms. The summed E-state index contributed by atoms with van der Waals surface area (Å²) in [5.74, 6) is -2.21. The van der Waals surface area contributed by atoms with Crippen molar-refractivity contribution in [2.75, 3.05) is 39.6 Å². The zero-order valence-corrected chi connectivity index (χ0v) is 55.5. The molecule has 15 nitrogen and oxygen atoms in total. The summed E-state index contributed by atoms with van der Waals surface area (Å²) < 4.78 is 0. The third kappa shape index (κ3) is 116. The Kier molecular flexibility index (Phi) is 110. The Bertz CT molecular complexity index is 945. The molecule has 0 saturated carbocycles. The summed E-state index contributed by atoms with van der Waals surface area (Å²) in [7, 11) is 0. The fourth-order valence-corrected chi connectivity index (χ4v) is 8.11. The van der Waals surface area contributed by atoms with Crippen molar-refractivity contribution in [1.29, 1.82) is 0 Å². The number of rotatable bonds is 54. The molecule has 0 aromatic rings. The van der Waals surface area contributed by atoms with E-state index in [1.165, 1.54) is 250 Å². The Morgan fingerprint density at radius 1 is 0.275 bits per heavy atom. The standard InChI is InChI=1S/3C18H36O2.3C3H8O3.Na.H2S/c3*1-2-3-4-5-6-7-8-9-10-11-12-13-14-15-16-17-18(19)20;3*4-1-3(6)2-5;;/h3*2-17H2,1H3,(H,19,20);3*3-6H,1-2H2;;1H2/q;;;;;;+1;/p-1. The number of hydrogen-bond donors (Lipinski definition) is 11. The van der Waals surface area contributed by atoms with Crippen molar-refractivity contribution in [2.45, 2.75) is 347 Å². The number of carbonyl (C=O) groups is 3. The van der Waals surface area contributed by atoms with Crippen molar-refractivity contribution in [3.05, 3.63) is 0 Å². The third-order valence-corrected chi connectivity index (χ3v) is 13.2. The van der Waals surface area contributed by atoms with Crippen LogP contribution in [0, 0.1) is 0 Å². The molecule has 0 radical (unpaired) electrons. The molecular formula is C63H133NaO15S. The second kappa shape index (κ2) is 92.1. The largest absolute Gasteiger partial charge is 1.00 e. The summed E-state index contributed by atoms with van der Waals surface area (Å²) in [5, 5.41) is 99.3. The zero-order valence-electron chi connectivity index (χ0n) is 52.5. The summed E-state index contributed by atoms with van der Waals surface area (Å²) in [6.07, 6.45) is 57.4. The molecule has 0 aromatic heterocycles. The third-order valence-electron chi connectivity index (χ3n) is 13.2. The molecule has 0 spiro atoms. The van der Waals surface area contributed by atoms with E-state index in [4.69, 9.17) is 56.2 Å². The normalized spacial score (nSPS) is 10.4. The average Bonchev–Trinajstić information content (AvgIpc) is 3.43. The summed E-state index contributed by atoms with van der Waals surface area (Å²) in [4.78, 5) is 30.9. The van der Waals surface area contributed by atoms with Gasteiger partial charge in [0.25, 0.3) is 0 Å². The monoisotopic (exact) mass is 1180 g/mol. The summed E-state index contributed by atoms with van der Waals surface area (Å²) >= 11 is 0.